The van der Waals surface area contributed by atoms with Crippen molar-refractivity contribution in [3.63, 3.8) is 0 Å². The molecule has 0 N–H and O–H groups in total. The number of amides is 2. The molecule has 1 aliphatic rings. The molecule has 2 heterocycles. The molecule has 0 aromatic carbocycles. The molecule has 1 fully saturated rings. The number of nitrogens with zero attached hydrogens (tertiary/aromatic N) is 2. The molecule has 2 rings (SSSR count). The van der Waals surface area contributed by atoms with E-state index in [4.69, 9.17) is 9.15 Å². The van der Waals surface area contributed by atoms with Crippen molar-refractivity contribution in [1.82, 2.24) is 9.80 Å². The van der Waals surface area contributed by atoms with E-state index < -0.39 is 0 Å². The van der Waals surface area contributed by atoms with Gasteiger partial charge in [-0.2, -0.15) is 0 Å². The van der Waals surface area contributed by atoms with Gasteiger partial charge in [0.15, 0.2) is 0 Å². The highest BCUT2D eigenvalue weighted by Gasteiger charge is 2.28. The van der Waals surface area contributed by atoms with E-state index in [1.807, 2.05) is 39.8 Å². The summed E-state index contributed by atoms with van der Waals surface area (Å²) in [4.78, 5) is 29.3. The van der Waals surface area contributed by atoms with Gasteiger partial charge in [0.1, 0.15) is 12.3 Å². The van der Waals surface area contributed by atoms with Crippen molar-refractivity contribution in [3.05, 3.63) is 24.2 Å². The summed E-state index contributed by atoms with van der Waals surface area (Å²) in [5.41, 5.74) is 0. The van der Waals surface area contributed by atoms with Crippen LogP contribution in [0.15, 0.2) is 22.8 Å². The highest BCUT2D eigenvalue weighted by atomic mass is 16.5. The molecule has 2 amide bonds. The van der Waals surface area contributed by atoms with Crippen LogP contribution in [-0.2, 0) is 20.9 Å². The fourth-order valence-electron chi connectivity index (χ4n) is 3.30. The van der Waals surface area contributed by atoms with Gasteiger partial charge >= 0.3 is 0 Å². The fraction of sp³-hybridized carbons (Fsp3) is 0.714. The molecule has 1 aromatic rings. The second-order valence-corrected chi connectivity index (χ2v) is 7.87. The van der Waals surface area contributed by atoms with E-state index >= 15 is 0 Å². The van der Waals surface area contributed by atoms with Crippen molar-refractivity contribution in [2.75, 3.05) is 19.7 Å². The Bertz CT molecular complexity index is 579. The van der Waals surface area contributed by atoms with Gasteiger partial charge in [-0.1, -0.05) is 20.8 Å². The quantitative estimate of drug-likeness (QED) is 0.625. The lowest BCUT2D eigenvalue weighted by atomic mass is 10.1. The second-order valence-electron chi connectivity index (χ2n) is 7.87. The highest BCUT2D eigenvalue weighted by Crippen LogP contribution is 2.17. The van der Waals surface area contributed by atoms with E-state index in [1.165, 1.54) is 0 Å². The molecule has 2 atom stereocenters. The summed E-state index contributed by atoms with van der Waals surface area (Å²) in [6.07, 6.45) is 4.94. The van der Waals surface area contributed by atoms with Gasteiger partial charge in [-0.15, -0.1) is 0 Å². The summed E-state index contributed by atoms with van der Waals surface area (Å²) >= 11 is 0. The van der Waals surface area contributed by atoms with Crippen molar-refractivity contribution in [1.29, 1.82) is 0 Å². The third-order valence-electron chi connectivity index (χ3n) is 5.06. The first-order valence-electron chi connectivity index (χ1n) is 10.1. The molecule has 0 unspecified atom stereocenters. The summed E-state index contributed by atoms with van der Waals surface area (Å²) in [5, 5.41) is 0. The summed E-state index contributed by atoms with van der Waals surface area (Å²) in [6, 6.07) is 3.72. The van der Waals surface area contributed by atoms with E-state index in [0.29, 0.717) is 19.5 Å². The standard InChI is InChI=1S/C21H34N2O4/c1-5-17(4)23(20(24)12-16(2)3)15-21(25)22(13-18-8-6-10-26-18)14-19-9-7-11-27-19/h6,8,10,16-17,19H,5,7,9,11-15H2,1-4H3/t17-,19+/m0/s1. The van der Waals surface area contributed by atoms with Crippen LogP contribution >= 0.6 is 0 Å². The van der Waals surface area contributed by atoms with Crippen LogP contribution in [-0.4, -0.2) is 53.5 Å². The third-order valence-corrected chi connectivity index (χ3v) is 5.06. The lowest BCUT2D eigenvalue weighted by Gasteiger charge is -2.32. The van der Waals surface area contributed by atoms with Gasteiger partial charge in [0.2, 0.25) is 11.8 Å². The largest absolute Gasteiger partial charge is 0.467 e. The number of hydrogen-bond donors (Lipinski definition) is 0. The molecule has 0 spiro atoms. The van der Waals surface area contributed by atoms with E-state index in [9.17, 15) is 9.59 Å². The average molecular weight is 379 g/mol. The minimum atomic E-state index is -0.0562. The maximum Gasteiger partial charge on any atom is 0.242 e. The molecule has 0 bridgehead atoms. The first-order valence-corrected chi connectivity index (χ1v) is 10.1. The van der Waals surface area contributed by atoms with E-state index in [1.54, 1.807) is 16.1 Å². The topological polar surface area (TPSA) is 63.0 Å². The summed E-state index contributed by atoms with van der Waals surface area (Å²) < 4.78 is 11.2. The number of hydrogen-bond acceptors (Lipinski definition) is 4. The molecule has 27 heavy (non-hydrogen) atoms. The zero-order valence-corrected chi connectivity index (χ0v) is 17.1. The number of furan rings is 1. The smallest absolute Gasteiger partial charge is 0.242 e. The van der Waals surface area contributed by atoms with Crippen LogP contribution in [0.25, 0.3) is 0 Å². The average Bonchev–Trinajstić information content (AvgIpc) is 3.31. The van der Waals surface area contributed by atoms with Crippen molar-refractivity contribution in [2.24, 2.45) is 5.92 Å². The SMILES string of the molecule is CC[C@H](C)N(CC(=O)N(Cc1ccco1)C[C@H]1CCCO1)C(=O)CC(C)C. The normalized spacial score (nSPS) is 17.9. The molecular formula is C21H34N2O4. The van der Waals surface area contributed by atoms with Crippen LogP contribution in [0.4, 0.5) is 0 Å². The fourth-order valence-corrected chi connectivity index (χ4v) is 3.30. The first kappa shape index (κ1) is 21.5. The van der Waals surface area contributed by atoms with Gasteiger partial charge in [0.05, 0.1) is 18.9 Å². The Morgan fingerprint density at radius 1 is 1.26 bits per heavy atom. The van der Waals surface area contributed by atoms with Crippen LogP contribution < -0.4 is 0 Å². The number of carbonyl (C=O) groups excluding carboxylic acids is 2. The number of rotatable bonds is 10. The van der Waals surface area contributed by atoms with Gasteiger partial charge < -0.3 is 19.0 Å². The molecule has 6 heteroatoms. The maximum absolute atomic E-state index is 13.1. The Kier molecular flexibility index (Phi) is 8.35. The summed E-state index contributed by atoms with van der Waals surface area (Å²) in [7, 11) is 0. The molecule has 0 saturated carbocycles. The van der Waals surface area contributed by atoms with Gasteiger partial charge in [-0.3, -0.25) is 9.59 Å². The predicted molar refractivity (Wildman–Crippen MR) is 104 cm³/mol. The molecule has 1 aromatic heterocycles. The van der Waals surface area contributed by atoms with Crippen molar-refractivity contribution >= 4 is 11.8 Å². The molecular weight excluding hydrogens is 344 g/mol. The molecule has 1 aliphatic heterocycles. The Morgan fingerprint density at radius 3 is 2.59 bits per heavy atom. The van der Waals surface area contributed by atoms with E-state index in [2.05, 4.69) is 0 Å². The number of ether oxygens (including phenoxy) is 1. The summed E-state index contributed by atoms with van der Waals surface area (Å²) in [6.45, 7) is 9.88. The van der Waals surface area contributed by atoms with Gasteiger partial charge in [0.25, 0.3) is 0 Å². The minimum Gasteiger partial charge on any atom is -0.467 e. The first-order chi connectivity index (χ1) is 12.9. The maximum atomic E-state index is 13.1. The molecule has 0 aliphatic carbocycles. The van der Waals surface area contributed by atoms with E-state index in [0.717, 1.165) is 31.6 Å². The Labute approximate surface area is 162 Å². The zero-order chi connectivity index (χ0) is 19.8. The van der Waals surface area contributed by atoms with Crippen molar-refractivity contribution in [3.8, 4) is 0 Å². The van der Waals surface area contributed by atoms with Crippen molar-refractivity contribution in [2.45, 2.75) is 72.1 Å². The minimum absolute atomic E-state index is 0.0355. The second kappa shape index (κ2) is 10.5. The predicted octanol–water partition coefficient (Wildman–Crippen LogP) is 3.46. The molecule has 152 valence electrons. The Balaban J connectivity index is 2.08. The lowest BCUT2D eigenvalue weighted by molar-refractivity contribution is -0.144. The van der Waals surface area contributed by atoms with Crippen molar-refractivity contribution < 1.29 is 18.7 Å². The van der Waals surface area contributed by atoms with Gasteiger partial charge in [-0.05, 0) is 44.2 Å². The zero-order valence-electron chi connectivity index (χ0n) is 17.1. The highest BCUT2D eigenvalue weighted by molar-refractivity contribution is 5.85. The number of carbonyl (C=O) groups is 2. The van der Waals surface area contributed by atoms with E-state index in [-0.39, 0.29) is 36.4 Å². The molecule has 6 nitrogen and oxygen atoms in total. The van der Waals surface area contributed by atoms with Crippen LogP contribution in [0.2, 0.25) is 0 Å². The van der Waals surface area contributed by atoms with Crippen LogP contribution in [0, 0.1) is 5.92 Å². The Hall–Kier alpha value is -1.82. The van der Waals surface area contributed by atoms with Gasteiger partial charge in [-0.25, -0.2) is 0 Å². The molecule has 0 radical (unpaired) electrons. The lowest BCUT2D eigenvalue weighted by Crippen LogP contribution is -2.48. The Morgan fingerprint density at radius 2 is 2.04 bits per heavy atom. The molecule has 1 saturated heterocycles. The third kappa shape index (κ3) is 6.69. The van der Waals surface area contributed by atoms with Crippen LogP contribution in [0.3, 0.4) is 0 Å². The summed E-state index contributed by atoms with van der Waals surface area (Å²) in [5.74, 6) is 0.997. The van der Waals surface area contributed by atoms with Crippen LogP contribution in [0.5, 0.6) is 0 Å². The monoisotopic (exact) mass is 378 g/mol. The van der Waals surface area contributed by atoms with Gasteiger partial charge in [0, 0.05) is 25.6 Å². The van der Waals surface area contributed by atoms with Crippen LogP contribution in [0.1, 0.15) is 59.1 Å².